The minimum Gasteiger partial charge on any atom is -0.313 e. The topological polar surface area (TPSA) is 69.6 Å². The Hall–Kier alpha value is 0.110. The fourth-order valence-electron chi connectivity index (χ4n) is 2.62. The van der Waals surface area contributed by atoms with E-state index in [1.807, 2.05) is 0 Å². The molecule has 2 aliphatic carbocycles. The smallest absolute Gasteiger partial charge is 0.313 e. The minimum absolute atomic E-state index is 0.0737. The predicted octanol–water partition coefficient (Wildman–Crippen LogP) is 0.857. The number of hydrogen-bond donors (Lipinski definition) is 3. The van der Waals surface area contributed by atoms with E-state index >= 15 is 0 Å². The lowest BCUT2D eigenvalue weighted by Gasteiger charge is -2.22. The van der Waals surface area contributed by atoms with Gasteiger partial charge >= 0.3 is 7.75 Å². The molecule has 0 aromatic heterocycles. The zero-order valence-corrected chi connectivity index (χ0v) is 7.70. The first-order valence-corrected chi connectivity index (χ1v) is 5.99. The van der Waals surface area contributed by atoms with Gasteiger partial charge in [-0.25, -0.2) is 9.65 Å². The van der Waals surface area contributed by atoms with Gasteiger partial charge in [-0.1, -0.05) is 6.42 Å². The van der Waals surface area contributed by atoms with Crippen molar-refractivity contribution in [1.82, 2.24) is 5.09 Å². The van der Waals surface area contributed by atoms with E-state index in [1.165, 1.54) is 6.42 Å². The maximum atomic E-state index is 10.6. The van der Waals surface area contributed by atoms with Gasteiger partial charge in [-0.3, -0.25) is 0 Å². The summed E-state index contributed by atoms with van der Waals surface area (Å²) < 4.78 is 10.6. The van der Waals surface area contributed by atoms with E-state index in [2.05, 4.69) is 5.09 Å². The summed E-state index contributed by atoms with van der Waals surface area (Å²) >= 11 is 0. The molecule has 3 atom stereocenters. The Morgan fingerprint density at radius 3 is 2.42 bits per heavy atom. The third-order valence-electron chi connectivity index (χ3n) is 3.07. The zero-order chi connectivity index (χ0) is 8.77. The number of hydrogen-bond acceptors (Lipinski definition) is 1. The fraction of sp³-hybridized carbons (Fsp3) is 1.00. The molecule has 2 fully saturated rings. The fourth-order valence-corrected chi connectivity index (χ4v) is 3.37. The Bertz CT molecular complexity index is 227. The number of fused-ring (bicyclic) bond motifs is 2. The molecular weight excluding hydrogens is 177 g/mol. The Kier molecular flexibility index (Phi) is 2.04. The molecule has 70 valence electrons. The van der Waals surface area contributed by atoms with E-state index in [1.54, 1.807) is 0 Å². The minimum atomic E-state index is -3.99. The third kappa shape index (κ3) is 1.72. The Morgan fingerprint density at radius 2 is 2.00 bits per heavy atom. The van der Waals surface area contributed by atoms with E-state index < -0.39 is 7.75 Å². The van der Waals surface area contributed by atoms with Crippen LogP contribution in [0.5, 0.6) is 0 Å². The summed E-state index contributed by atoms with van der Waals surface area (Å²) in [5.41, 5.74) is 0. The summed E-state index contributed by atoms with van der Waals surface area (Å²) in [6, 6.07) is 0.0737. The molecule has 0 radical (unpaired) electrons. The molecule has 0 amide bonds. The average molecular weight is 191 g/mol. The van der Waals surface area contributed by atoms with Gasteiger partial charge in [-0.15, -0.1) is 0 Å². The molecule has 2 aliphatic rings. The summed E-state index contributed by atoms with van der Waals surface area (Å²) in [5.74, 6) is 1.24. The van der Waals surface area contributed by atoms with Crippen molar-refractivity contribution < 1.29 is 14.4 Å². The highest BCUT2D eigenvalue weighted by molar-refractivity contribution is 7.49. The third-order valence-corrected chi connectivity index (χ3v) is 3.74. The van der Waals surface area contributed by atoms with E-state index in [-0.39, 0.29) is 6.04 Å². The van der Waals surface area contributed by atoms with E-state index in [4.69, 9.17) is 9.79 Å². The lowest BCUT2D eigenvalue weighted by molar-refractivity contribution is 0.317. The van der Waals surface area contributed by atoms with Crippen molar-refractivity contribution in [2.24, 2.45) is 11.8 Å². The van der Waals surface area contributed by atoms with Crippen molar-refractivity contribution in [3.63, 3.8) is 0 Å². The highest BCUT2D eigenvalue weighted by Gasteiger charge is 2.41. The second kappa shape index (κ2) is 2.81. The van der Waals surface area contributed by atoms with Gasteiger partial charge in [0.15, 0.2) is 0 Å². The second-order valence-electron chi connectivity index (χ2n) is 3.95. The zero-order valence-electron chi connectivity index (χ0n) is 6.81. The first kappa shape index (κ1) is 8.70. The molecule has 0 spiro atoms. The maximum absolute atomic E-state index is 10.6. The van der Waals surface area contributed by atoms with E-state index in [9.17, 15) is 4.57 Å². The summed E-state index contributed by atoms with van der Waals surface area (Å²) in [4.78, 5) is 17.4. The van der Waals surface area contributed by atoms with Gasteiger partial charge in [0.25, 0.3) is 0 Å². The Morgan fingerprint density at radius 1 is 1.25 bits per heavy atom. The molecule has 5 heteroatoms. The molecule has 0 heterocycles. The van der Waals surface area contributed by atoms with Crippen LogP contribution in [0, 0.1) is 11.8 Å². The molecular formula is C7H14NO3P. The van der Waals surface area contributed by atoms with Crippen LogP contribution < -0.4 is 5.09 Å². The number of rotatable bonds is 2. The first-order chi connectivity index (χ1) is 5.54. The monoisotopic (exact) mass is 191 g/mol. The van der Waals surface area contributed by atoms with Crippen LogP contribution in [-0.4, -0.2) is 15.8 Å². The highest BCUT2D eigenvalue weighted by atomic mass is 31.2. The summed E-state index contributed by atoms with van der Waals surface area (Å²) in [7, 11) is -3.99. The van der Waals surface area contributed by atoms with Crippen LogP contribution in [0.2, 0.25) is 0 Å². The molecule has 0 saturated heterocycles. The van der Waals surface area contributed by atoms with Crippen LogP contribution >= 0.6 is 7.75 Å². The predicted molar refractivity (Wildman–Crippen MR) is 44.4 cm³/mol. The molecule has 0 aliphatic heterocycles. The van der Waals surface area contributed by atoms with Crippen LogP contribution in [0.15, 0.2) is 0 Å². The van der Waals surface area contributed by atoms with Crippen molar-refractivity contribution >= 4 is 7.75 Å². The van der Waals surface area contributed by atoms with Gasteiger partial charge < -0.3 is 9.79 Å². The van der Waals surface area contributed by atoms with Crippen molar-refractivity contribution in [2.75, 3.05) is 0 Å². The van der Waals surface area contributed by atoms with Crippen molar-refractivity contribution in [3.8, 4) is 0 Å². The van der Waals surface area contributed by atoms with Crippen molar-refractivity contribution in [2.45, 2.75) is 31.7 Å². The van der Waals surface area contributed by atoms with Gasteiger partial charge in [-0.05, 0) is 31.1 Å². The van der Waals surface area contributed by atoms with Crippen LogP contribution in [0.25, 0.3) is 0 Å². The summed E-state index contributed by atoms with van der Waals surface area (Å²) in [6.45, 7) is 0. The van der Waals surface area contributed by atoms with Crippen LogP contribution in [0.4, 0.5) is 0 Å². The van der Waals surface area contributed by atoms with Crippen LogP contribution in [-0.2, 0) is 4.57 Å². The molecule has 2 bridgehead atoms. The maximum Gasteiger partial charge on any atom is 0.400 e. The summed E-state index contributed by atoms with van der Waals surface area (Å²) in [5, 5.41) is 2.42. The first-order valence-electron chi connectivity index (χ1n) is 4.38. The molecule has 4 nitrogen and oxygen atoms in total. The Labute approximate surface area is 71.6 Å². The van der Waals surface area contributed by atoms with E-state index in [0.717, 1.165) is 25.2 Å². The second-order valence-corrected chi connectivity index (χ2v) is 5.30. The summed E-state index contributed by atoms with van der Waals surface area (Å²) in [6.07, 6.45) is 4.51. The quantitative estimate of drug-likeness (QED) is 0.566. The number of nitrogens with one attached hydrogen (secondary N) is 1. The molecule has 2 saturated carbocycles. The lowest BCUT2D eigenvalue weighted by Crippen LogP contribution is -2.31. The SMILES string of the molecule is O=P(O)(O)NC1CC2CCC1C2. The normalized spacial score (nSPS) is 40.7. The largest absolute Gasteiger partial charge is 0.400 e. The van der Waals surface area contributed by atoms with Gasteiger partial charge in [0, 0.05) is 6.04 Å². The molecule has 0 aromatic carbocycles. The highest BCUT2D eigenvalue weighted by Crippen LogP contribution is 2.47. The van der Waals surface area contributed by atoms with E-state index in [0.29, 0.717) is 5.92 Å². The van der Waals surface area contributed by atoms with Crippen LogP contribution in [0.1, 0.15) is 25.7 Å². The van der Waals surface area contributed by atoms with Gasteiger partial charge in [0.2, 0.25) is 0 Å². The molecule has 3 N–H and O–H groups in total. The molecule has 2 rings (SSSR count). The van der Waals surface area contributed by atoms with Gasteiger partial charge in [0.05, 0.1) is 0 Å². The van der Waals surface area contributed by atoms with Crippen LogP contribution in [0.3, 0.4) is 0 Å². The lowest BCUT2D eigenvalue weighted by atomic mass is 9.96. The van der Waals surface area contributed by atoms with Gasteiger partial charge in [0.1, 0.15) is 0 Å². The van der Waals surface area contributed by atoms with Crippen molar-refractivity contribution in [3.05, 3.63) is 0 Å². The molecule has 12 heavy (non-hydrogen) atoms. The molecule has 0 aromatic rings. The Balaban J connectivity index is 1.95. The van der Waals surface area contributed by atoms with Crippen molar-refractivity contribution in [1.29, 1.82) is 0 Å². The standard InChI is InChI=1S/C7H14NO3P/c9-12(10,11)8-7-4-5-1-2-6(7)3-5/h5-7H,1-4H2,(H3,8,9,10,11). The van der Waals surface area contributed by atoms with Gasteiger partial charge in [-0.2, -0.15) is 0 Å². The molecule has 3 unspecified atom stereocenters. The average Bonchev–Trinajstić information content (AvgIpc) is 2.42.